The highest BCUT2D eigenvalue weighted by Crippen LogP contribution is 2.49. The van der Waals surface area contributed by atoms with Crippen molar-refractivity contribution in [2.75, 3.05) is 0 Å². The Kier molecular flexibility index (Phi) is 4.97. The van der Waals surface area contributed by atoms with Crippen molar-refractivity contribution < 1.29 is 44.3 Å². The number of benzene rings is 1. The van der Waals surface area contributed by atoms with E-state index in [0.717, 1.165) is 10.6 Å². The van der Waals surface area contributed by atoms with Crippen LogP contribution in [0.5, 0.6) is 0 Å². The van der Waals surface area contributed by atoms with E-state index < -0.39 is 68.3 Å². The fraction of sp³-hybridized carbons (Fsp3) is 0.474. The van der Waals surface area contributed by atoms with Gasteiger partial charge in [0.05, 0.1) is 6.04 Å². The fourth-order valence-electron chi connectivity index (χ4n) is 4.49. The van der Waals surface area contributed by atoms with Gasteiger partial charge in [-0.2, -0.15) is 13.2 Å². The lowest BCUT2D eigenvalue weighted by Crippen LogP contribution is -2.34. The lowest BCUT2D eigenvalue weighted by atomic mass is 9.86. The van der Waals surface area contributed by atoms with E-state index in [-0.39, 0.29) is 23.2 Å². The number of aliphatic hydroxyl groups excluding tert-OH is 1. The van der Waals surface area contributed by atoms with Gasteiger partial charge in [-0.25, -0.2) is 26.0 Å². The Morgan fingerprint density at radius 1 is 1.10 bits per heavy atom. The number of rotatable bonds is 2. The molecule has 4 nitrogen and oxygen atoms in total. The normalized spacial score (nSPS) is 23.4. The molecule has 170 valence electrons. The molecule has 31 heavy (non-hydrogen) atoms. The molecular weight excluding hydrogens is 455 g/mol. The summed E-state index contributed by atoms with van der Waals surface area (Å²) in [6, 6.07) is 0.648. The van der Waals surface area contributed by atoms with Gasteiger partial charge in [0.2, 0.25) is 0 Å². The van der Waals surface area contributed by atoms with Gasteiger partial charge in [-0.1, -0.05) is 0 Å². The standard InChI is InChI=1S/C19H16F7NO3S/c20-10-6-9-2-1-3-12(15(9)11(21)7-10)27-8-14(31(29,30)19(24,25)26)16-13(27)4-5-18(22,23)17(16)28/h6-8,12,17,28H,1-5H2/t12?,17-/m0/s1. The van der Waals surface area contributed by atoms with Crippen LogP contribution in [0.2, 0.25) is 0 Å². The smallest absolute Gasteiger partial charge is 0.382 e. The van der Waals surface area contributed by atoms with E-state index in [1.165, 1.54) is 0 Å². The Morgan fingerprint density at radius 2 is 1.77 bits per heavy atom. The Hall–Kier alpha value is -2.08. The Morgan fingerprint density at radius 3 is 2.42 bits per heavy atom. The zero-order valence-electron chi connectivity index (χ0n) is 15.7. The first-order valence-electron chi connectivity index (χ1n) is 9.34. The number of alkyl halides is 5. The monoisotopic (exact) mass is 471 g/mol. The van der Waals surface area contributed by atoms with Crippen LogP contribution in [-0.4, -0.2) is 29.5 Å². The molecule has 0 saturated carbocycles. The van der Waals surface area contributed by atoms with Gasteiger partial charge in [0, 0.05) is 35.5 Å². The molecule has 0 aliphatic heterocycles. The largest absolute Gasteiger partial charge is 0.501 e. The third kappa shape index (κ3) is 3.34. The van der Waals surface area contributed by atoms with Crippen LogP contribution in [0.1, 0.15) is 53.8 Å². The summed E-state index contributed by atoms with van der Waals surface area (Å²) in [7, 11) is -6.08. The lowest BCUT2D eigenvalue weighted by Gasteiger charge is -2.33. The fourth-order valence-corrected chi connectivity index (χ4v) is 5.51. The second-order valence-electron chi connectivity index (χ2n) is 7.74. The number of fused-ring (bicyclic) bond motifs is 2. The van der Waals surface area contributed by atoms with Gasteiger partial charge in [-0.05, 0) is 37.3 Å². The SMILES string of the molecule is O=S(=O)(c1cn(C2CCCc3cc(F)cc(F)c32)c2c1[C@H](O)C(F)(F)CC2)C(F)(F)F. The van der Waals surface area contributed by atoms with E-state index in [9.17, 15) is 44.3 Å². The Labute approximate surface area is 172 Å². The van der Waals surface area contributed by atoms with Crippen molar-refractivity contribution in [3.63, 3.8) is 0 Å². The van der Waals surface area contributed by atoms with Crippen molar-refractivity contribution in [2.45, 2.75) is 60.6 Å². The van der Waals surface area contributed by atoms with Crippen molar-refractivity contribution >= 4 is 9.84 Å². The Bertz CT molecular complexity index is 1150. The first-order valence-corrected chi connectivity index (χ1v) is 10.8. The van der Waals surface area contributed by atoms with E-state index in [0.29, 0.717) is 25.1 Å². The quantitative estimate of drug-likeness (QED) is 0.652. The maximum absolute atomic E-state index is 14.6. The van der Waals surface area contributed by atoms with Gasteiger partial charge in [0.15, 0.2) is 0 Å². The van der Waals surface area contributed by atoms with Gasteiger partial charge < -0.3 is 9.67 Å². The van der Waals surface area contributed by atoms with Crippen molar-refractivity contribution in [2.24, 2.45) is 0 Å². The number of aryl methyl sites for hydroxylation is 1. The van der Waals surface area contributed by atoms with Crippen molar-refractivity contribution in [1.29, 1.82) is 0 Å². The zero-order chi connectivity index (χ0) is 22.9. The molecule has 2 atom stereocenters. The number of halogens is 7. The van der Waals surface area contributed by atoms with Gasteiger partial charge >= 0.3 is 5.51 Å². The molecule has 1 N–H and O–H groups in total. The van der Waals surface area contributed by atoms with Crippen LogP contribution in [-0.2, 0) is 22.7 Å². The van der Waals surface area contributed by atoms with Crippen molar-refractivity contribution in [3.8, 4) is 0 Å². The highest BCUT2D eigenvalue weighted by Gasteiger charge is 2.54. The summed E-state index contributed by atoms with van der Waals surface area (Å²) in [5, 5.41) is 10.1. The molecule has 2 aromatic rings. The van der Waals surface area contributed by atoms with Crippen LogP contribution in [0.3, 0.4) is 0 Å². The molecule has 0 radical (unpaired) electrons. The molecule has 1 unspecified atom stereocenters. The van der Waals surface area contributed by atoms with Gasteiger partial charge in [0.1, 0.15) is 22.6 Å². The number of sulfone groups is 1. The van der Waals surface area contributed by atoms with E-state index in [4.69, 9.17) is 0 Å². The number of aliphatic hydroxyl groups is 1. The second kappa shape index (κ2) is 6.96. The molecule has 2 aliphatic rings. The summed E-state index contributed by atoms with van der Waals surface area (Å²) in [6.45, 7) is 0. The maximum atomic E-state index is 14.6. The molecule has 12 heteroatoms. The van der Waals surface area contributed by atoms with E-state index in [2.05, 4.69) is 0 Å². The van der Waals surface area contributed by atoms with Crippen LogP contribution in [0.15, 0.2) is 23.2 Å². The summed E-state index contributed by atoms with van der Waals surface area (Å²) >= 11 is 0. The first kappa shape index (κ1) is 22.1. The summed E-state index contributed by atoms with van der Waals surface area (Å²) in [4.78, 5) is -1.48. The number of hydrogen-bond acceptors (Lipinski definition) is 3. The summed E-state index contributed by atoms with van der Waals surface area (Å²) in [5.41, 5.74) is -6.82. The molecule has 0 saturated heterocycles. The molecule has 0 fully saturated rings. The zero-order valence-corrected chi connectivity index (χ0v) is 16.5. The molecule has 0 spiro atoms. The predicted octanol–water partition coefficient (Wildman–Crippen LogP) is 4.60. The topological polar surface area (TPSA) is 59.3 Å². The van der Waals surface area contributed by atoms with Gasteiger partial charge in [-0.15, -0.1) is 0 Å². The number of aromatic nitrogens is 1. The molecule has 1 aromatic carbocycles. The van der Waals surface area contributed by atoms with Crippen molar-refractivity contribution in [1.82, 2.24) is 4.57 Å². The van der Waals surface area contributed by atoms with Crippen molar-refractivity contribution in [3.05, 3.63) is 52.3 Å². The van der Waals surface area contributed by atoms with Crippen LogP contribution in [0.4, 0.5) is 30.7 Å². The summed E-state index contributed by atoms with van der Waals surface area (Å²) in [5.74, 6) is -5.65. The van der Waals surface area contributed by atoms with Gasteiger partial charge in [-0.3, -0.25) is 0 Å². The van der Waals surface area contributed by atoms with Crippen LogP contribution >= 0.6 is 0 Å². The second-order valence-corrected chi connectivity index (χ2v) is 9.65. The minimum atomic E-state index is -6.08. The summed E-state index contributed by atoms with van der Waals surface area (Å²) in [6.07, 6.45) is -2.85. The van der Waals surface area contributed by atoms with Gasteiger partial charge in [0.25, 0.3) is 15.8 Å². The van der Waals surface area contributed by atoms with E-state index in [1.807, 2.05) is 0 Å². The lowest BCUT2D eigenvalue weighted by molar-refractivity contribution is -0.123. The average Bonchev–Trinajstić information content (AvgIpc) is 3.03. The molecule has 2 aliphatic carbocycles. The van der Waals surface area contributed by atoms with E-state index in [1.54, 1.807) is 0 Å². The minimum Gasteiger partial charge on any atom is -0.382 e. The average molecular weight is 471 g/mol. The summed E-state index contributed by atoms with van der Waals surface area (Å²) < 4.78 is 121. The third-order valence-electron chi connectivity index (χ3n) is 5.88. The maximum Gasteiger partial charge on any atom is 0.501 e. The van der Waals surface area contributed by atoms with Crippen LogP contribution in [0.25, 0.3) is 0 Å². The molecule has 1 aromatic heterocycles. The highest BCUT2D eigenvalue weighted by atomic mass is 32.2. The highest BCUT2D eigenvalue weighted by molar-refractivity contribution is 7.92. The minimum absolute atomic E-state index is 0.0340. The number of nitrogens with zero attached hydrogens (tertiary/aromatic N) is 1. The molecule has 0 bridgehead atoms. The third-order valence-corrected chi connectivity index (χ3v) is 7.39. The van der Waals surface area contributed by atoms with Crippen LogP contribution in [0, 0.1) is 11.6 Å². The predicted molar refractivity (Wildman–Crippen MR) is 93.3 cm³/mol. The first-order chi connectivity index (χ1) is 14.3. The molecule has 1 heterocycles. The molecule has 4 rings (SSSR count). The van der Waals surface area contributed by atoms with E-state index >= 15 is 0 Å². The molecule has 0 amide bonds. The Balaban J connectivity index is 1.99. The van der Waals surface area contributed by atoms with Crippen LogP contribution < -0.4 is 0 Å². The number of hydrogen-bond donors (Lipinski definition) is 1. The molecular formula is C19H16F7NO3S.